The number of carboxylic acid groups (broad SMARTS) is 1. The van der Waals surface area contributed by atoms with E-state index >= 15 is 0 Å². The molecule has 0 saturated carbocycles. The molecular weight excluding hydrogens is 300 g/mol. The van der Waals surface area contributed by atoms with Gasteiger partial charge in [-0.3, -0.25) is 4.79 Å². The summed E-state index contributed by atoms with van der Waals surface area (Å²) in [6.07, 6.45) is 3.56. The lowest BCUT2D eigenvalue weighted by atomic mass is 10.2. The number of pyridine rings is 1. The molecule has 23 heavy (non-hydrogen) atoms. The lowest BCUT2D eigenvalue weighted by Gasteiger charge is -2.22. The number of rotatable bonds is 4. The first-order valence-corrected chi connectivity index (χ1v) is 7.43. The Hall–Kier alpha value is -2.77. The van der Waals surface area contributed by atoms with Crippen molar-refractivity contribution in [3.05, 3.63) is 41.3 Å². The van der Waals surface area contributed by atoms with Crippen molar-refractivity contribution in [3.8, 4) is 0 Å². The molecule has 0 aliphatic carbocycles. The van der Waals surface area contributed by atoms with Crippen molar-refractivity contribution >= 4 is 11.9 Å². The van der Waals surface area contributed by atoms with Crippen LogP contribution in [0.4, 0.5) is 0 Å². The molecule has 1 aliphatic heterocycles. The smallest absolute Gasteiger partial charge is 0.354 e. The predicted molar refractivity (Wildman–Crippen MR) is 77.9 cm³/mol. The van der Waals surface area contributed by atoms with Gasteiger partial charge >= 0.3 is 5.97 Å². The Kier molecular flexibility index (Phi) is 4.05. The molecule has 1 aliphatic rings. The van der Waals surface area contributed by atoms with E-state index in [0.29, 0.717) is 30.2 Å². The van der Waals surface area contributed by atoms with E-state index in [4.69, 9.17) is 9.63 Å². The van der Waals surface area contributed by atoms with Crippen LogP contribution in [-0.4, -0.2) is 43.6 Å². The molecule has 1 amide bonds. The highest BCUT2D eigenvalue weighted by Crippen LogP contribution is 2.31. The molecule has 120 valence electrons. The monoisotopic (exact) mass is 316 g/mol. The summed E-state index contributed by atoms with van der Waals surface area (Å²) in [5.41, 5.74) is 0.256. The fourth-order valence-corrected chi connectivity index (χ4v) is 2.64. The first kappa shape index (κ1) is 15.1. The van der Waals surface area contributed by atoms with Gasteiger partial charge in [-0.2, -0.15) is 4.98 Å². The van der Waals surface area contributed by atoms with Crippen LogP contribution in [0, 0.1) is 0 Å². The lowest BCUT2D eigenvalue weighted by molar-refractivity contribution is 0.0685. The van der Waals surface area contributed by atoms with Gasteiger partial charge in [-0.05, 0) is 25.0 Å². The molecule has 1 unspecified atom stereocenters. The van der Waals surface area contributed by atoms with Crippen LogP contribution in [0.25, 0.3) is 0 Å². The SMILES string of the molecule is CCc1nc(C2CCCN2C(=O)c2ccc(C(=O)O)nc2)no1. The van der Waals surface area contributed by atoms with E-state index in [1.807, 2.05) is 6.92 Å². The second-order valence-corrected chi connectivity index (χ2v) is 5.29. The summed E-state index contributed by atoms with van der Waals surface area (Å²) in [6, 6.07) is 2.58. The molecule has 3 rings (SSSR count). The average molecular weight is 316 g/mol. The molecular formula is C15H16N4O4. The minimum absolute atomic E-state index is 0.0923. The van der Waals surface area contributed by atoms with Gasteiger partial charge < -0.3 is 14.5 Å². The van der Waals surface area contributed by atoms with E-state index in [1.165, 1.54) is 18.3 Å². The summed E-state index contributed by atoms with van der Waals surface area (Å²) < 4.78 is 5.13. The van der Waals surface area contributed by atoms with Crippen LogP contribution >= 0.6 is 0 Å². The Morgan fingerprint density at radius 3 is 2.87 bits per heavy atom. The maximum atomic E-state index is 12.6. The quantitative estimate of drug-likeness (QED) is 0.914. The zero-order valence-electron chi connectivity index (χ0n) is 12.6. The Morgan fingerprint density at radius 2 is 2.26 bits per heavy atom. The lowest BCUT2D eigenvalue weighted by Crippen LogP contribution is -2.31. The first-order valence-electron chi connectivity index (χ1n) is 7.43. The number of carboxylic acids is 1. The maximum Gasteiger partial charge on any atom is 0.354 e. The first-order chi connectivity index (χ1) is 11.1. The van der Waals surface area contributed by atoms with Crippen LogP contribution in [0.15, 0.2) is 22.9 Å². The summed E-state index contributed by atoms with van der Waals surface area (Å²) in [5.74, 6) is -0.267. The van der Waals surface area contributed by atoms with Crippen molar-refractivity contribution in [2.75, 3.05) is 6.54 Å². The molecule has 0 spiro atoms. The molecule has 0 aromatic carbocycles. The van der Waals surface area contributed by atoms with Crippen molar-refractivity contribution in [3.63, 3.8) is 0 Å². The molecule has 8 nitrogen and oxygen atoms in total. The summed E-state index contributed by atoms with van der Waals surface area (Å²) in [7, 11) is 0. The van der Waals surface area contributed by atoms with Crippen molar-refractivity contribution < 1.29 is 19.2 Å². The Morgan fingerprint density at radius 1 is 1.43 bits per heavy atom. The van der Waals surface area contributed by atoms with Crippen molar-refractivity contribution in [1.82, 2.24) is 20.0 Å². The van der Waals surface area contributed by atoms with Gasteiger partial charge in [-0.25, -0.2) is 9.78 Å². The van der Waals surface area contributed by atoms with Crippen LogP contribution in [0.1, 0.15) is 58.4 Å². The number of nitrogens with zero attached hydrogens (tertiary/aromatic N) is 4. The molecule has 1 fully saturated rings. The van der Waals surface area contributed by atoms with Gasteiger partial charge in [0.2, 0.25) is 5.89 Å². The van der Waals surface area contributed by atoms with E-state index in [9.17, 15) is 9.59 Å². The fraction of sp³-hybridized carbons (Fsp3) is 0.400. The standard InChI is InChI=1S/C15H16N4O4/c1-2-12-17-13(18-23-12)11-4-3-7-19(11)14(20)9-5-6-10(15(21)22)16-8-9/h5-6,8,11H,2-4,7H2,1H3,(H,21,22). The molecule has 1 atom stereocenters. The predicted octanol–water partition coefficient (Wildman–Crippen LogP) is 1.70. The Bertz CT molecular complexity index is 725. The molecule has 1 N–H and O–H groups in total. The average Bonchev–Trinajstić information content (AvgIpc) is 3.22. The molecule has 2 aromatic rings. The van der Waals surface area contributed by atoms with E-state index in [1.54, 1.807) is 4.90 Å². The van der Waals surface area contributed by atoms with Crippen LogP contribution in [0.3, 0.4) is 0 Å². The number of aryl methyl sites for hydroxylation is 1. The van der Waals surface area contributed by atoms with Crippen molar-refractivity contribution in [2.45, 2.75) is 32.2 Å². The van der Waals surface area contributed by atoms with E-state index in [-0.39, 0.29) is 17.6 Å². The number of hydrogen-bond acceptors (Lipinski definition) is 6. The molecule has 0 radical (unpaired) electrons. The maximum absolute atomic E-state index is 12.6. The van der Waals surface area contributed by atoms with Gasteiger partial charge in [0.05, 0.1) is 11.6 Å². The second-order valence-electron chi connectivity index (χ2n) is 5.29. The van der Waals surface area contributed by atoms with E-state index < -0.39 is 5.97 Å². The fourth-order valence-electron chi connectivity index (χ4n) is 2.64. The molecule has 3 heterocycles. The summed E-state index contributed by atoms with van der Waals surface area (Å²) in [4.78, 5) is 33.2. The highest BCUT2D eigenvalue weighted by molar-refractivity contribution is 5.95. The molecule has 2 aromatic heterocycles. The number of carbonyl (C=O) groups is 2. The minimum atomic E-state index is -1.12. The third-order valence-corrected chi connectivity index (χ3v) is 3.83. The molecule has 1 saturated heterocycles. The number of carbonyl (C=O) groups excluding carboxylic acids is 1. The molecule has 8 heteroatoms. The summed E-state index contributed by atoms with van der Waals surface area (Å²) in [5, 5.41) is 12.8. The zero-order chi connectivity index (χ0) is 16.4. The van der Waals surface area contributed by atoms with Crippen molar-refractivity contribution in [2.24, 2.45) is 0 Å². The number of amides is 1. The van der Waals surface area contributed by atoms with Crippen LogP contribution in [0.5, 0.6) is 0 Å². The van der Waals surface area contributed by atoms with Crippen LogP contribution < -0.4 is 0 Å². The van der Waals surface area contributed by atoms with Gasteiger partial charge in [-0.1, -0.05) is 12.1 Å². The van der Waals surface area contributed by atoms with Crippen LogP contribution in [-0.2, 0) is 6.42 Å². The Balaban J connectivity index is 1.81. The number of likely N-dealkylation sites (tertiary alicyclic amines) is 1. The third kappa shape index (κ3) is 2.92. The van der Waals surface area contributed by atoms with E-state index in [0.717, 1.165) is 12.8 Å². The zero-order valence-corrected chi connectivity index (χ0v) is 12.6. The van der Waals surface area contributed by atoms with Gasteiger partial charge in [0.1, 0.15) is 5.69 Å². The number of hydrogen-bond donors (Lipinski definition) is 1. The van der Waals surface area contributed by atoms with Gasteiger partial charge in [0.25, 0.3) is 5.91 Å². The van der Waals surface area contributed by atoms with Crippen LogP contribution in [0.2, 0.25) is 0 Å². The summed E-state index contributed by atoms with van der Waals surface area (Å²) >= 11 is 0. The normalized spacial score (nSPS) is 17.4. The third-order valence-electron chi connectivity index (χ3n) is 3.83. The van der Waals surface area contributed by atoms with Gasteiger partial charge in [-0.15, -0.1) is 0 Å². The van der Waals surface area contributed by atoms with Crippen molar-refractivity contribution in [1.29, 1.82) is 0 Å². The highest BCUT2D eigenvalue weighted by atomic mass is 16.5. The topological polar surface area (TPSA) is 109 Å². The largest absolute Gasteiger partial charge is 0.477 e. The van der Waals surface area contributed by atoms with Gasteiger partial charge in [0, 0.05) is 19.2 Å². The number of aromatic nitrogens is 3. The Labute approximate surface area is 132 Å². The number of aromatic carboxylic acids is 1. The highest BCUT2D eigenvalue weighted by Gasteiger charge is 2.34. The van der Waals surface area contributed by atoms with E-state index in [2.05, 4.69) is 15.1 Å². The second kappa shape index (κ2) is 6.15. The van der Waals surface area contributed by atoms with Gasteiger partial charge in [0.15, 0.2) is 5.82 Å². The minimum Gasteiger partial charge on any atom is -0.477 e. The molecule has 0 bridgehead atoms. The summed E-state index contributed by atoms with van der Waals surface area (Å²) in [6.45, 7) is 2.52.